The van der Waals surface area contributed by atoms with Crippen LogP contribution in [0, 0.1) is 0 Å². The molecule has 0 atom stereocenters. The third kappa shape index (κ3) is 3.75. The van der Waals surface area contributed by atoms with Crippen LogP contribution in [0.3, 0.4) is 0 Å². The maximum atomic E-state index is 12.9. The largest absolute Gasteiger partial charge is 0.338 e. The minimum Gasteiger partial charge on any atom is -0.338 e. The van der Waals surface area contributed by atoms with Gasteiger partial charge < -0.3 is 4.90 Å². The lowest BCUT2D eigenvalue weighted by atomic mass is 10.00. The Balaban J connectivity index is 1.92. The van der Waals surface area contributed by atoms with Crippen LogP contribution in [-0.4, -0.2) is 25.8 Å². The lowest BCUT2D eigenvalue weighted by Crippen LogP contribution is -2.34. The maximum absolute atomic E-state index is 12.9. The van der Waals surface area contributed by atoms with Gasteiger partial charge in [0, 0.05) is 20.0 Å². The molecule has 1 N–H and O–H groups in total. The smallest absolute Gasteiger partial charge is 0.261 e. The number of para-hydroxylation sites is 1. The number of nitrogens with one attached hydrogen (secondary N) is 1. The molecule has 0 bridgehead atoms. The van der Waals surface area contributed by atoms with E-state index in [1.54, 1.807) is 23.1 Å². The first-order valence-corrected chi connectivity index (χ1v) is 10.3. The summed E-state index contributed by atoms with van der Waals surface area (Å²) in [5.41, 5.74) is 3.55. The maximum Gasteiger partial charge on any atom is 0.261 e. The first-order valence-electron chi connectivity index (χ1n) is 8.77. The van der Waals surface area contributed by atoms with E-state index in [0.29, 0.717) is 18.8 Å². The molecule has 0 unspecified atom stereocenters. The van der Waals surface area contributed by atoms with Crippen LogP contribution in [0.15, 0.2) is 47.4 Å². The monoisotopic (exact) mass is 372 g/mol. The molecule has 1 amide bonds. The average Bonchev–Trinajstić information content (AvgIpc) is 2.60. The minimum atomic E-state index is -3.69. The van der Waals surface area contributed by atoms with Crippen molar-refractivity contribution in [2.24, 2.45) is 0 Å². The summed E-state index contributed by atoms with van der Waals surface area (Å²) in [6.45, 7) is 6.73. The third-order valence-corrected chi connectivity index (χ3v) is 6.14. The number of anilines is 1. The van der Waals surface area contributed by atoms with Gasteiger partial charge in [0.2, 0.25) is 5.91 Å². The molecular weight excluding hydrogens is 348 g/mol. The summed E-state index contributed by atoms with van der Waals surface area (Å²) < 4.78 is 28.5. The van der Waals surface area contributed by atoms with Crippen LogP contribution in [0.25, 0.3) is 0 Å². The van der Waals surface area contributed by atoms with Gasteiger partial charge in [-0.2, -0.15) is 0 Å². The molecule has 0 aliphatic carbocycles. The predicted molar refractivity (Wildman–Crippen MR) is 103 cm³/mol. The van der Waals surface area contributed by atoms with Crippen LogP contribution in [0.2, 0.25) is 0 Å². The molecule has 3 rings (SSSR count). The number of rotatable bonds is 4. The van der Waals surface area contributed by atoms with Crippen LogP contribution < -0.4 is 4.72 Å². The first kappa shape index (κ1) is 18.5. The van der Waals surface area contributed by atoms with Crippen molar-refractivity contribution < 1.29 is 13.2 Å². The molecule has 5 nitrogen and oxygen atoms in total. The number of carbonyl (C=O) groups excluding carboxylic acids is 1. The van der Waals surface area contributed by atoms with Crippen LogP contribution in [0.1, 0.15) is 43.4 Å². The average molecular weight is 372 g/mol. The van der Waals surface area contributed by atoms with E-state index in [4.69, 9.17) is 0 Å². The van der Waals surface area contributed by atoms with Gasteiger partial charge in [0.15, 0.2) is 0 Å². The summed E-state index contributed by atoms with van der Waals surface area (Å²) in [7, 11) is -3.69. The van der Waals surface area contributed by atoms with E-state index in [2.05, 4.69) is 4.72 Å². The van der Waals surface area contributed by atoms with Gasteiger partial charge in [0.1, 0.15) is 0 Å². The molecule has 138 valence electrons. The summed E-state index contributed by atoms with van der Waals surface area (Å²) in [6.07, 6.45) is 0.749. The van der Waals surface area contributed by atoms with Gasteiger partial charge in [-0.1, -0.05) is 38.1 Å². The van der Waals surface area contributed by atoms with E-state index in [0.717, 1.165) is 23.1 Å². The Hall–Kier alpha value is -2.34. The summed E-state index contributed by atoms with van der Waals surface area (Å²) >= 11 is 0. The molecule has 6 heteroatoms. The van der Waals surface area contributed by atoms with Gasteiger partial charge in [-0.05, 0) is 47.2 Å². The molecular formula is C20H24N2O3S. The normalized spacial score (nSPS) is 14.2. The highest BCUT2D eigenvalue weighted by molar-refractivity contribution is 7.92. The molecule has 1 aliphatic heterocycles. The van der Waals surface area contributed by atoms with Crippen molar-refractivity contribution in [2.75, 3.05) is 11.3 Å². The van der Waals surface area contributed by atoms with Crippen molar-refractivity contribution in [2.45, 2.75) is 44.6 Å². The summed E-state index contributed by atoms with van der Waals surface area (Å²) in [6, 6.07) is 12.6. The number of benzene rings is 2. The van der Waals surface area contributed by atoms with Crippen LogP contribution in [0.5, 0.6) is 0 Å². The molecule has 1 aliphatic rings. The van der Waals surface area contributed by atoms with E-state index >= 15 is 0 Å². The molecule has 0 saturated heterocycles. The zero-order valence-electron chi connectivity index (χ0n) is 15.3. The Morgan fingerprint density at radius 2 is 1.85 bits per heavy atom. The topological polar surface area (TPSA) is 66.5 Å². The lowest BCUT2D eigenvalue weighted by Gasteiger charge is -2.28. The van der Waals surface area contributed by atoms with Crippen molar-refractivity contribution in [1.82, 2.24) is 4.90 Å². The highest BCUT2D eigenvalue weighted by Crippen LogP contribution is 2.28. The minimum absolute atomic E-state index is 0.00731. The standard InChI is InChI=1S/C20H24N2O3S/c1-14(2)19-6-4-5-7-20(19)21-26(24,25)18-9-8-16-10-11-22(15(3)23)13-17(16)12-18/h4-9,12,14,21H,10-11,13H2,1-3H3. The van der Waals surface area contributed by atoms with E-state index < -0.39 is 10.0 Å². The number of hydrogen-bond acceptors (Lipinski definition) is 3. The molecule has 0 radical (unpaired) electrons. The van der Waals surface area contributed by atoms with Crippen molar-refractivity contribution in [3.8, 4) is 0 Å². The fourth-order valence-electron chi connectivity index (χ4n) is 3.27. The fourth-order valence-corrected chi connectivity index (χ4v) is 4.40. The van der Waals surface area contributed by atoms with Gasteiger partial charge in [0.25, 0.3) is 10.0 Å². The quantitative estimate of drug-likeness (QED) is 0.893. The first-order chi connectivity index (χ1) is 12.3. The second kappa shape index (κ2) is 7.11. The summed E-state index contributed by atoms with van der Waals surface area (Å²) in [5.74, 6) is 0.217. The SMILES string of the molecule is CC(=O)N1CCc2ccc(S(=O)(=O)Nc3ccccc3C(C)C)cc2C1. The highest BCUT2D eigenvalue weighted by Gasteiger charge is 2.22. The molecule has 0 fully saturated rings. The third-order valence-electron chi connectivity index (χ3n) is 4.77. The Bertz CT molecular complexity index is 936. The summed E-state index contributed by atoms with van der Waals surface area (Å²) in [5, 5.41) is 0. The number of amides is 1. The van der Waals surface area contributed by atoms with Gasteiger partial charge in [-0.25, -0.2) is 8.42 Å². The zero-order valence-corrected chi connectivity index (χ0v) is 16.1. The van der Waals surface area contributed by atoms with Crippen molar-refractivity contribution in [3.63, 3.8) is 0 Å². The Labute approximate surface area is 155 Å². The van der Waals surface area contributed by atoms with Crippen LogP contribution in [0.4, 0.5) is 5.69 Å². The molecule has 1 heterocycles. The number of sulfonamides is 1. The highest BCUT2D eigenvalue weighted by atomic mass is 32.2. The molecule has 2 aromatic carbocycles. The Morgan fingerprint density at radius 1 is 1.12 bits per heavy atom. The Morgan fingerprint density at radius 3 is 2.54 bits per heavy atom. The molecule has 0 saturated carbocycles. The van der Waals surface area contributed by atoms with Crippen molar-refractivity contribution in [3.05, 3.63) is 59.2 Å². The van der Waals surface area contributed by atoms with Gasteiger partial charge in [0.05, 0.1) is 10.6 Å². The number of nitrogens with zero attached hydrogens (tertiary/aromatic N) is 1. The second-order valence-electron chi connectivity index (χ2n) is 6.97. The van der Waals surface area contributed by atoms with E-state index in [-0.39, 0.29) is 16.7 Å². The van der Waals surface area contributed by atoms with Crippen LogP contribution >= 0.6 is 0 Å². The molecule has 0 spiro atoms. The van der Waals surface area contributed by atoms with E-state index in [1.807, 2.05) is 38.1 Å². The van der Waals surface area contributed by atoms with E-state index in [1.165, 1.54) is 6.92 Å². The van der Waals surface area contributed by atoms with Gasteiger partial charge in [-0.3, -0.25) is 9.52 Å². The number of hydrogen-bond donors (Lipinski definition) is 1. The molecule has 2 aromatic rings. The number of carbonyl (C=O) groups is 1. The fraction of sp³-hybridized carbons (Fsp3) is 0.350. The second-order valence-corrected chi connectivity index (χ2v) is 8.65. The molecule has 26 heavy (non-hydrogen) atoms. The van der Waals surface area contributed by atoms with Gasteiger partial charge in [-0.15, -0.1) is 0 Å². The van der Waals surface area contributed by atoms with Crippen LogP contribution in [-0.2, 0) is 27.8 Å². The summed E-state index contributed by atoms with van der Waals surface area (Å²) in [4.78, 5) is 13.6. The van der Waals surface area contributed by atoms with Gasteiger partial charge >= 0.3 is 0 Å². The predicted octanol–water partition coefficient (Wildman–Crippen LogP) is 3.52. The van der Waals surface area contributed by atoms with Crippen molar-refractivity contribution in [1.29, 1.82) is 0 Å². The van der Waals surface area contributed by atoms with E-state index in [9.17, 15) is 13.2 Å². The zero-order chi connectivity index (χ0) is 18.9. The Kier molecular flexibility index (Phi) is 5.05. The molecule has 0 aromatic heterocycles. The lowest BCUT2D eigenvalue weighted by molar-refractivity contribution is -0.129. The number of fused-ring (bicyclic) bond motifs is 1. The van der Waals surface area contributed by atoms with Crippen molar-refractivity contribution >= 4 is 21.6 Å².